The molecule has 2 unspecified atom stereocenters. The largest absolute Gasteiger partial charge is 0.743 e. The molecule has 0 aliphatic rings. The van der Waals surface area contributed by atoms with Crippen LogP contribution in [0.15, 0.2) is 24.3 Å². The van der Waals surface area contributed by atoms with Crippen LogP contribution in [0.2, 0.25) is 0 Å². The highest BCUT2D eigenvalue weighted by molar-refractivity contribution is 7.86. The van der Waals surface area contributed by atoms with Crippen LogP contribution in [0.25, 0.3) is 0 Å². The molecule has 0 bridgehead atoms. The molecule has 0 saturated heterocycles. The van der Waals surface area contributed by atoms with Crippen molar-refractivity contribution in [1.82, 2.24) is 0 Å². The van der Waals surface area contributed by atoms with Crippen molar-refractivity contribution in [2.75, 3.05) is 20.7 Å². The molecule has 156 valence electrons. The number of nitrogens with zero attached hydrogens (tertiary/aromatic N) is 1. The maximum absolute atomic E-state index is 11.8. The smallest absolute Gasteiger partial charge is 0.178 e. The standard InChI is InChI=1S/C21H37NO4S/c1-5-7-8-9-10-12-18-13-11-14-19(17-18)20(15-16-23)22(3,4)21(6-2)27(24,25)26/h11,13-14,17,20-21,23H,5-10,12,15-16H2,1-4H3. The molecule has 0 aromatic heterocycles. The Morgan fingerprint density at radius 3 is 2.33 bits per heavy atom. The Labute approximate surface area is 165 Å². The van der Waals surface area contributed by atoms with Crippen molar-refractivity contribution >= 4 is 10.1 Å². The monoisotopic (exact) mass is 399 g/mol. The lowest BCUT2D eigenvalue weighted by Gasteiger charge is -2.44. The lowest BCUT2D eigenvalue weighted by atomic mass is 9.96. The Morgan fingerprint density at radius 2 is 1.78 bits per heavy atom. The minimum absolute atomic E-state index is 0.0306. The van der Waals surface area contributed by atoms with Crippen LogP contribution in [-0.2, 0) is 16.5 Å². The number of rotatable bonds is 13. The molecule has 1 aromatic carbocycles. The van der Waals surface area contributed by atoms with Crippen molar-refractivity contribution in [2.24, 2.45) is 0 Å². The van der Waals surface area contributed by atoms with Crippen LogP contribution in [-0.4, -0.2) is 48.6 Å². The van der Waals surface area contributed by atoms with Crippen molar-refractivity contribution in [2.45, 2.75) is 76.6 Å². The van der Waals surface area contributed by atoms with Gasteiger partial charge in [-0.2, -0.15) is 0 Å². The number of hydrogen-bond donors (Lipinski definition) is 1. The minimum atomic E-state index is -4.44. The van der Waals surface area contributed by atoms with Gasteiger partial charge in [-0.05, 0) is 24.5 Å². The Hall–Kier alpha value is -0.950. The highest BCUT2D eigenvalue weighted by atomic mass is 32.2. The highest BCUT2D eigenvalue weighted by Gasteiger charge is 2.40. The third-order valence-electron chi connectivity index (χ3n) is 5.54. The van der Waals surface area contributed by atoms with E-state index in [0.717, 1.165) is 18.4 Å². The van der Waals surface area contributed by atoms with Gasteiger partial charge in [0.05, 0.1) is 14.1 Å². The Bertz CT molecular complexity index is 658. The van der Waals surface area contributed by atoms with E-state index in [-0.39, 0.29) is 23.6 Å². The first-order valence-electron chi connectivity index (χ1n) is 10.2. The van der Waals surface area contributed by atoms with Crippen LogP contribution in [0.5, 0.6) is 0 Å². The molecule has 0 aliphatic heterocycles. The molecule has 6 heteroatoms. The van der Waals surface area contributed by atoms with Gasteiger partial charge in [0.25, 0.3) is 0 Å². The molecule has 1 N–H and O–H groups in total. The average Bonchev–Trinajstić information content (AvgIpc) is 2.58. The molecule has 0 aliphatic carbocycles. The van der Waals surface area contributed by atoms with Gasteiger partial charge in [-0.1, -0.05) is 57.7 Å². The second-order valence-corrected chi connectivity index (χ2v) is 9.45. The van der Waals surface area contributed by atoms with E-state index in [1.807, 2.05) is 12.1 Å². The first-order valence-corrected chi connectivity index (χ1v) is 11.6. The first-order chi connectivity index (χ1) is 12.7. The van der Waals surface area contributed by atoms with Crippen molar-refractivity contribution in [3.63, 3.8) is 0 Å². The van der Waals surface area contributed by atoms with Crippen molar-refractivity contribution in [3.8, 4) is 0 Å². The normalized spacial score (nSPS) is 14.9. The number of benzene rings is 1. The second-order valence-electron chi connectivity index (χ2n) is 7.92. The maximum Gasteiger partial charge on any atom is 0.178 e. The van der Waals surface area contributed by atoms with Crippen molar-refractivity contribution in [3.05, 3.63) is 35.4 Å². The summed E-state index contributed by atoms with van der Waals surface area (Å²) >= 11 is 0. The van der Waals surface area contributed by atoms with E-state index in [9.17, 15) is 18.1 Å². The molecular weight excluding hydrogens is 362 g/mol. The van der Waals surface area contributed by atoms with Gasteiger partial charge in [0.1, 0.15) is 16.2 Å². The van der Waals surface area contributed by atoms with E-state index >= 15 is 0 Å². The molecule has 5 nitrogen and oxygen atoms in total. The Balaban J connectivity index is 3.04. The predicted octanol–water partition coefficient (Wildman–Crippen LogP) is 3.98. The lowest BCUT2D eigenvalue weighted by molar-refractivity contribution is -0.932. The molecule has 0 amide bonds. The lowest BCUT2D eigenvalue weighted by Crippen LogP contribution is -2.54. The fourth-order valence-electron chi connectivity index (χ4n) is 4.10. The number of aliphatic hydroxyl groups is 1. The quantitative estimate of drug-likeness (QED) is 0.309. The van der Waals surface area contributed by atoms with Gasteiger partial charge >= 0.3 is 0 Å². The summed E-state index contributed by atoms with van der Waals surface area (Å²) in [5.74, 6) is 0. The highest BCUT2D eigenvalue weighted by Crippen LogP contribution is 2.34. The number of aliphatic hydroxyl groups excluding tert-OH is 1. The molecule has 1 aromatic rings. The second kappa shape index (κ2) is 11.1. The van der Waals surface area contributed by atoms with Crippen LogP contribution in [0.1, 0.15) is 76.0 Å². The van der Waals surface area contributed by atoms with Gasteiger partial charge in [-0.25, -0.2) is 8.42 Å². The SMILES string of the molecule is CCCCCCCc1cccc(C(CCO)[N+](C)(C)C(CC)S(=O)(=O)[O-])c1. The van der Waals surface area contributed by atoms with Gasteiger partial charge in [-0.15, -0.1) is 0 Å². The fourth-order valence-corrected chi connectivity index (χ4v) is 5.32. The molecule has 0 saturated carbocycles. The number of aryl methyl sites for hydroxylation is 1. The molecule has 0 radical (unpaired) electrons. The third-order valence-corrected chi connectivity index (χ3v) is 7.08. The summed E-state index contributed by atoms with van der Waals surface area (Å²) in [6.07, 6.45) is 7.77. The summed E-state index contributed by atoms with van der Waals surface area (Å²) in [5, 5.41) is 8.54. The number of hydrogen-bond acceptors (Lipinski definition) is 4. The molecule has 1 rings (SSSR count). The van der Waals surface area contributed by atoms with Crippen LogP contribution >= 0.6 is 0 Å². The zero-order valence-corrected chi connectivity index (χ0v) is 18.2. The molecule has 0 fully saturated rings. The molecule has 0 spiro atoms. The number of unbranched alkanes of at least 4 members (excludes halogenated alkanes) is 4. The summed E-state index contributed by atoms with van der Waals surface area (Å²) in [6, 6.07) is 7.94. The van der Waals surface area contributed by atoms with E-state index in [1.54, 1.807) is 21.0 Å². The van der Waals surface area contributed by atoms with E-state index < -0.39 is 15.5 Å². The molecule has 0 heterocycles. The van der Waals surface area contributed by atoms with Crippen molar-refractivity contribution in [1.29, 1.82) is 0 Å². The van der Waals surface area contributed by atoms with Crippen molar-refractivity contribution < 1.29 is 22.6 Å². The summed E-state index contributed by atoms with van der Waals surface area (Å²) in [4.78, 5) is 0. The third kappa shape index (κ3) is 7.18. The molecule has 2 atom stereocenters. The summed E-state index contributed by atoms with van der Waals surface area (Å²) < 4.78 is 35.5. The minimum Gasteiger partial charge on any atom is -0.743 e. The van der Waals surface area contributed by atoms with Crippen LogP contribution in [0, 0.1) is 0 Å². The first kappa shape index (κ1) is 24.1. The average molecular weight is 400 g/mol. The Kier molecular flexibility index (Phi) is 9.95. The topological polar surface area (TPSA) is 77.4 Å². The Morgan fingerprint density at radius 1 is 1.11 bits per heavy atom. The van der Waals surface area contributed by atoms with E-state index in [1.165, 1.54) is 31.2 Å². The maximum atomic E-state index is 11.8. The summed E-state index contributed by atoms with van der Waals surface area (Å²) in [5.41, 5.74) is 2.21. The van der Waals surface area contributed by atoms with E-state index in [0.29, 0.717) is 6.42 Å². The van der Waals surface area contributed by atoms with Gasteiger partial charge < -0.3 is 14.1 Å². The molecular formula is C21H37NO4S. The van der Waals surface area contributed by atoms with E-state index in [2.05, 4.69) is 19.1 Å². The van der Waals surface area contributed by atoms with Gasteiger partial charge in [0.2, 0.25) is 0 Å². The number of quaternary nitrogens is 1. The van der Waals surface area contributed by atoms with Gasteiger partial charge in [0.15, 0.2) is 5.37 Å². The fraction of sp³-hybridized carbons (Fsp3) is 0.714. The van der Waals surface area contributed by atoms with E-state index in [4.69, 9.17) is 0 Å². The molecule has 27 heavy (non-hydrogen) atoms. The zero-order valence-electron chi connectivity index (χ0n) is 17.4. The van der Waals surface area contributed by atoms with Crippen LogP contribution < -0.4 is 0 Å². The summed E-state index contributed by atoms with van der Waals surface area (Å²) in [6.45, 7) is 3.88. The van der Waals surface area contributed by atoms with Gasteiger partial charge in [0, 0.05) is 25.0 Å². The van der Waals surface area contributed by atoms with Crippen LogP contribution in [0.3, 0.4) is 0 Å². The van der Waals surface area contributed by atoms with Crippen LogP contribution in [0.4, 0.5) is 0 Å². The van der Waals surface area contributed by atoms with Gasteiger partial charge in [-0.3, -0.25) is 0 Å². The predicted molar refractivity (Wildman–Crippen MR) is 109 cm³/mol. The zero-order chi connectivity index (χ0) is 20.5. The summed E-state index contributed by atoms with van der Waals surface area (Å²) in [7, 11) is -0.878.